The van der Waals surface area contributed by atoms with Crippen LogP contribution in [0.15, 0.2) is 164 Å². The Morgan fingerprint density at radius 1 is 0.593 bits per heavy atom. The molecule has 4 aromatic heterocycles. The molecule has 0 amide bonds. The molecule has 6 heteroatoms. The van der Waals surface area contributed by atoms with Crippen molar-refractivity contribution in [2.24, 2.45) is 0 Å². The highest BCUT2D eigenvalue weighted by Crippen LogP contribution is 2.54. The summed E-state index contributed by atoms with van der Waals surface area (Å²) >= 11 is 0. The maximum absolute atomic E-state index is 17.0. The molecule has 0 bridgehead atoms. The number of para-hydroxylation sites is 4. The number of pyridine rings is 2. The van der Waals surface area contributed by atoms with Gasteiger partial charge >= 0.3 is 0 Å². The summed E-state index contributed by atoms with van der Waals surface area (Å²) in [4.78, 5) is 12.2. The molecule has 6 aromatic carbocycles. The van der Waals surface area contributed by atoms with Gasteiger partial charge in [0.05, 0.1) is 28.4 Å². The third-order valence-electron chi connectivity index (χ3n) is 11.5. The van der Waals surface area contributed by atoms with Gasteiger partial charge in [0.2, 0.25) is 0 Å². The monoisotopic (exact) mass is 699 g/mol. The molecule has 10 aromatic rings. The van der Waals surface area contributed by atoms with Crippen LogP contribution < -0.4 is 4.90 Å². The van der Waals surface area contributed by atoms with Gasteiger partial charge in [0.1, 0.15) is 11.5 Å². The van der Waals surface area contributed by atoms with Crippen LogP contribution in [0, 0.1) is 0 Å². The zero-order chi connectivity index (χ0) is 36.1. The van der Waals surface area contributed by atoms with E-state index in [0.717, 1.165) is 66.8 Å². The fourth-order valence-corrected chi connectivity index (χ4v) is 9.03. The molecule has 5 heterocycles. The van der Waals surface area contributed by atoms with Gasteiger partial charge in [0, 0.05) is 56.3 Å². The van der Waals surface area contributed by atoms with E-state index in [1.165, 1.54) is 16.3 Å². The van der Waals surface area contributed by atoms with Crippen molar-refractivity contribution in [3.05, 3.63) is 186 Å². The molecule has 11 rings (SSSR count). The van der Waals surface area contributed by atoms with Crippen molar-refractivity contribution in [2.45, 2.75) is 25.4 Å². The Hall–Kier alpha value is -6.79. The number of nitrogens with zero attached hydrogens (tertiary/aromatic N) is 5. The van der Waals surface area contributed by atoms with Gasteiger partial charge in [-0.1, -0.05) is 111 Å². The Bertz CT molecular complexity index is 3120. The number of imidazole rings is 1. The highest BCUT2D eigenvalue weighted by atomic mass is 19.1. The zero-order valence-electron chi connectivity index (χ0n) is 29.8. The molecule has 1 aliphatic heterocycles. The summed E-state index contributed by atoms with van der Waals surface area (Å²) in [5, 5.41) is 5.46. The van der Waals surface area contributed by atoms with Gasteiger partial charge in [-0.25, -0.2) is 14.4 Å². The van der Waals surface area contributed by atoms with Gasteiger partial charge in [0.25, 0.3) is 0 Å². The van der Waals surface area contributed by atoms with Crippen molar-refractivity contribution in [1.29, 1.82) is 0 Å². The molecule has 0 spiro atoms. The van der Waals surface area contributed by atoms with Gasteiger partial charge in [-0.3, -0.25) is 9.30 Å². The number of fused-ring (bicyclic) bond motifs is 12. The van der Waals surface area contributed by atoms with E-state index < -0.39 is 6.17 Å². The van der Waals surface area contributed by atoms with E-state index in [2.05, 4.69) is 124 Å². The first kappa shape index (κ1) is 30.8. The van der Waals surface area contributed by atoms with E-state index in [1.807, 2.05) is 67.0 Å². The summed E-state index contributed by atoms with van der Waals surface area (Å²) in [5.41, 5.74) is 10.2. The van der Waals surface area contributed by atoms with Crippen molar-refractivity contribution in [3.63, 3.8) is 0 Å². The fourth-order valence-electron chi connectivity index (χ4n) is 9.03. The average Bonchev–Trinajstić information content (AvgIpc) is 3.85. The van der Waals surface area contributed by atoms with Crippen molar-refractivity contribution >= 4 is 66.3 Å². The topological polar surface area (TPSA) is 38.4 Å². The Morgan fingerprint density at radius 2 is 1.31 bits per heavy atom. The molecule has 0 saturated carbocycles. The predicted octanol–water partition coefficient (Wildman–Crippen LogP) is 12.3. The normalized spacial score (nSPS) is 14.2. The van der Waals surface area contributed by atoms with Gasteiger partial charge in [-0.2, -0.15) is 0 Å². The summed E-state index contributed by atoms with van der Waals surface area (Å²) < 4.78 is 21.4. The number of anilines is 3. The number of hydrogen-bond acceptors (Lipinski definition) is 3. The molecular weight excluding hydrogens is 666 g/mol. The van der Waals surface area contributed by atoms with Crippen molar-refractivity contribution in [1.82, 2.24) is 18.9 Å². The first-order valence-electron chi connectivity index (χ1n) is 18.4. The van der Waals surface area contributed by atoms with E-state index >= 15 is 4.39 Å². The first-order valence-corrected chi connectivity index (χ1v) is 18.4. The zero-order valence-corrected chi connectivity index (χ0v) is 29.8. The summed E-state index contributed by atoms with van der Waals surface area (Å²) in [6.45, 7) is 4.59. The maximum Gasteiger partial charge on any atom is 0.150 e. The van der Waals surface area contributed by atoms with E-state index in [1.54, 1.807) is 6.20 Å². The third kappa shape index (κ3) is 4.25. The first-order chi connectivity index (χ1) is 26.5. The standard InChI is InChI=1S/C48H34FN5/c1-48(2)38-19-8-11-22-41(38)54(47-44(48)43-36-18-7-10-21-40(36)53(42(43)29-51-47)32-14-4-3-5-15-32)33-16-12-13-30(27-33)45(49)31-23-24-34-35-17-6-9-20-39(35)52-26-25-50-46(52)37(34)28-31/h3-29,45H,1-2H3. The second-order valence-corrected chi connectivity index (χ2v) is 14.8. The second-order valence-electron chi connectivity index (χ2n) is 14.8. The maximum atomic E-state index is 17.0. The summed E-state index contributed by atoms with van der Waals surface area (Å²) in [5.74, 6) is 0.856. The summed E-state index contributed by atoms with van der Waals surface area (Å²) in [7, 11) is 0. The van der Waals surface area contributed by atoms with Gasteiger partial charge in [-0.05, 0) is 70.6 Å². The largest absolute Gasteiger partial charge is 0.308 e. The van der Waals surface area contributed by atoms with Gasteiger partial charge in [0.15, 0.2) is 6.17 Å². The molecule has 258 valence electrons. The van der Waals surface area contributed by atoms with E-state index in [4.69, 9.17) is 4.98 Å². The molecular formula is C48H34FN5. The minimum atomic E-state index is -1.36. The van der Waals surface area contributed by atoms with Crippen LogP contribution >= 0.6 is 0 Å². The van der Waals surface area contributed by atoms with Gasteiger partial charge in [-0.15, -0.1) is 0 Å². The molecule has 0 fully saturated rings. The Morgan fingerprint density at radius 3 is 2.19 bits per heavy atom. The molecule has 5 nitrogen and oxygen atoms in total. The van der Waals surface area contributed by atoms with Crippen LogP contribution in [-0.2, 0) is 5.41 Å². The van der Waals surface area contributed by atoms with Crippen LogP contribution in [0.1, 0.15) is 42.3 Å². The Balaban J connectivity index is 1.10. The minimum absolute atomic E-state index is 0.381. The molecule has 0 N–H and O–H groups in total. The molecule has 1 unspecified atom stereocenters. The van der Waals surface area contributed by atoms with Crippen LogP contribution in [-0.4, -0.2) is 18.9 Å². The molecule has 54 heavy (non-hydrogen) atoms. The number of hydrogen-bond donors (Lipinski definition) is 0. The Kier molecular flexibility index (Phi) is 6.48. The number of alkyl halides is 1. The van der Waals surface area contributed by atoms with Crippen LogP contribution in [0.25, 0.3) is 54.8 Å². The van der Waals surface area contributed by atoms with E-state index in [9.17, 15) is 0 Å². The molecule has 0 aliphatic carbocycles. The minimum Gasteiger partial charge on any atom is -0.308 e. The number of rotatable bonds is 4. The fraction of sp³-hybridized carbons (Fsp3) is 0.0833. The van der Waals surface area contributed by atoms with Crippen molar-refractivity contribution < 1.29 is 4.39 Å². The lowest BCUT2D eigenvalue weighted by Gasteiger charge is -2.41. The molecule has 0 radical (unpaired) electrons. The SMILES string of the molecule is CC1(C)c2ccccc2N(c2cccc(C(F)c3ccc4c5ccccc5n5ccnc5c4c3)c2)c2ncc3c(c21)c1ccccc1n3-c1ccccc1. The smallest absolute Gasteiger partial charge is 0.150 e. The summed E-state index contributed by atoms with van der Waals surface area (Å²) in [6, 6.07) is 49.8. The molecule has 1 atom stereocenters. The number of aromatic nitrogens is 4. The molecule has 1 aliphatic rings. The molecule has 0 saturated heterocycles. The van der Waals surface area contributed by atoms with E-state index in [-0.39, 0.29) is 5.41 Å². The lowest BCUT2D eigenvalue weighted by Crippen LogP contribution is -2.31. The van der Waals surface area contributed by atoms with E-state index in [0.29, 0.717) is 11.1 Å². The van der Waals surface area contributed by atoms with Crippen molar-refractivity contribution in [2.75, 3.05) is 4.90 Å². The average molecular weight is 700 g/mol. The Labute approximate surface area is 311 Å². The van der Waals surface area contributed by atoms with Gasteiger partial charge < -0.3 is 4.57 Å². The van der Waals surface area contributed by atoms with Crippen molar-refractivity contribution in [3.8, 4) is 5.69 Å². The lowest BCUT2D eigenvalue weighted by molar-refractivity contribution is 0.402. The summed E-state index contributed by atoms with van der Waals surface area (Å²) in [6.07, 6.45) is 4.43. The number of benzene rings is 6. The van der Waals surface area contributed by atoms with Crippen LogP contribution in [0.5, 0.6) is 0 Å². The lowest BCUT2D eigenvalue weighted by atomic mass is 9.73. The second kappa shape index (κ2) is 11.4. The van der Waals surface area contributed by atoms with Crippen LogP contribution in [0.3, 0.4) is 0 Å². The quantitative estimate of drug-likeness (QED) is 0.172. The predicted molar refractivity (Wildman–Crippen MR) is 219 cm³/mol. The van der Waals surface area contributed by atoms with Crippen LogP contribution in [0.4, 0.5) is 21.6 Å². The van der Waals surface area contributed by atoms with Crippen LogP contribution in [0.2, 0.25) is 0 Å². The number of halogens is 1. The highest BCUT2D eigenvalue weighted by molar-refractivity contribution is 6.14. The third-order valence-corrected chi connectivity index (χ3v) is 11.5. The highest BCUT2D eigenvalue weighted by Gasteiger charge is 2.40.